The molecule has 0 amide bonds. The lowest BCUT2D eigenvalue weighted by Gasteiger charge is -2.07. The monoisotopic (exact) mass is 326 g/mol. The summed E-state index contributed by atoms with van der Waals surface area (Å²) in [7, 11) is 1.67. The first-order valence-electron chi connectivity index (χ1n) is 8.20. The van der Waals surface area contributed by atoms with E-state index < -0.39 is 0 Å². The lowest BCUT2D eigenvalue weighted by molar-refractivity contribution is 0.415. The topological polar surface area (TPSA) is 27.1 Å². The van der Waals surface area contributed by atoms with Gasteiger partial charge in [0.1, 0.15) is 5.75 Å². The fraction of sp³-hybridized carbons (Fsp3) is 0.0455. The molecule has 4 rings (SSSR count). The van der Waals surface area contributed by atoms with Gasteiger partial charge in [-0.2, -0.15) is 5.10 Å². The number of benzene rings is 3. The van der Waals surface area contributed by atoms with Gasteiger partial charge < -0.3 is 4.74 Å². The van der Waals surface area contributed by atoms with Crippen LogP contribution in [-0.4, -0.2) is 16.9 Å². The van der Waals surface area contributed by atoms with Crippen LogP contribution in [0.4, 0.5) is 0 Å². The summed E-state index contributed by atoms with van der Waals surface area (Å²) in [6, 6.07) is 30.6. The van der Waals surface area contributed by atoms with Crippen molar-refractivity contribution in [1.82, 2.24) is 9.78 Å². The van der Waals surface area contributed by atoms with Crippen molar-refractivity contribution in [2.24, 2.45) is 0 Å². The van der Waals surface area contributed by atoms with E-state index in [1.165, 1.54) is 0 Å². The van der Waals surface area contributed by atoms with Crippen molar-refractivity contribution < 1.29 is 4.74 Å². The fourth-order valence-electron chi connectivity index (χ4n) is 2.86. The van der Waals surface area contributed by atoms with Crippen LogP contribution in [0.3, 0.4) is 0 Å². The Morgan fingerprint density at radius 3 is 2.00 bits per heavy atom. The molecule has 0 saturated heterocycles. The van der Waals surface area contributed by atoms with Crippen LogP contribution in [0.5, 0.6) is 5.75 Å². The third-order valence-electron chi connectivity index (χ3n) is 4.17. The zero-order valence-electron chi connectivity index (χ0n) is 14.0. The van der Waals surface area contributed by atoms with Gasteiger partial charge in [0.25, 0.3) is 0 Å². The van der Waals surface area contributed by atoms with Gasteiger partial charge in [-0.3, -0.25) is 0 Å². The Balaban J connectivity index is 1.86. The Morgan fingerprint density at radius 1 is 0.720 bits per heavy atom. The van der Waals surface area contributed by atoms with Crippen molar-refractivity contribution in [3.8, 4) is 34.0 Å². The molecular formula is C22H18N2O. The number of aromatic nitrogens is 2. The van der Waals surface area contributed by atoms with Gasteiger partial charge in [-0.25, -0.2) is 4.68 Å². The van der Waals surface area contributed by atoms with Crippen molar-refractivity contribution in [2.45, 2.75) is 0 Å². The van der Waals surface area contributed by atoms with E-state index in [1.54, 1.807) is 7.11 Å². The SMILES string of the molecule is COc1ccc(-c2cc(-c3ccccc3)n(-c3ccccc3)n2)cc1. The first-order chi connectivity index (χ1) is 12.3. The molecule has 0 bridgehead atoms. The standard InChI is InChI=1S/C22H18N2O/c1-25-20-14-12-17(13-15-20)21-16-22(18-8-4-2-5-9-18)24(23-21)19-10-6-3-7-11-19/h2-16H,1H3. The lowest BCUT2D eigenvalue weighted by Crippen LogP contribution is -1.98. The van der Waals surface area contributed by atoms with E-state index in [9.17, 15) is 0 Å². The molecular weight excluding hydrogens is 308 g/mol. The minimum Gasteiger partial charge on any atom is -0.497 e. The van der Waals surface area contributed by atoms with Crippen molar-refractivity contribution >= 4 is 0 Å². The summed E-state index contributed by atoms with van der Waals surface area (Å²) in [5.41, 5.74) is 5.25. The molecule has 25 heavy (non-hydrogen) atoms. The molecule has 4 aromatic rings. The molecule has 3 heteroatoms. The summed E-state index contributed by atoms with van der Waals surface area (Å²) in [4.78, 5) is 0. The van der Waals surface area contributed by atoms with Gasteiger partial charge in [0.05, 0.1) is 24.2 Å². The highest BCUT2D eigenvalue weighted by atomic mass is 16.5. The van der Waals surface area contributed by atoms with E-state index in [0.717, 1.165) is 34.0 Å². The Morgan fingerprint density at radius 2 is 1.36 bits per heavy atom. The molecule has 0 fully saturated rings. The molecule has 0 N–H and O–H groups in total. The second kappa shape index (κ2) is 6.65. The number of methoxy groups -OCH3 is 1. The predicted molar refractivity (Wildman–Crippen MR) is 101 cm³/mol. The van der Waals surface area contributed by atoms with Gasteiger partial charge in [-0.1, -0.05) is 48.5 Å². The van der Waals surface area contributed by atoms with Crippen molar-refractivity contribution in [3.63, 3.8) is 0 Å². The van der Waals surface area contributed by atoms with Crippen molar-refractivity contribution in [3.05, 3.63) is 91.0 Å². The van der Waals surface area contributed by atoms with Gasteiger partial charge in [0.2, 0.25) is 0 Å². The van der Waals surface area contributed by atoms with Gasteiger partial charge in [0.15, 0.2) is 0 Å². The zero-order valence-corrected chi connectivity index (χ0v) is 14.0. The van der Waals surface area contributed by atoms with Crippen molar-refractivity contribution in [2.75, 3.05) is 7.11 Å². The molecule has 0 saturated carbocycles. The van der Waals surface area contributed by atoms with Crippen LogP contribution in [0.25, 0.3) is 28.2 Å². The molecule has 0 spiro atoms. The van der Waals surface area contributed by atoms with Crippen LogP contribution < -0.4 is 4.74 Å². The normalized spacial score (nSPS) is 10.6. The molecule has 0 radical (unpaired) electrons. The summed E-state index contributed by atoms with van der Waals surface area (Å²) in [5, 5.41) is 4.86. The van der Waals surface area contributed by atoms with E-state index in [-0.39, 0.29) is 0 Å². The molecule has 3 nitrogen and oxygen atoms in total. The Kier molecular flexibility index (Phi) is 4.05. The van der Waals surface area contributed by atoms with Crippen LogP contribution in [-0.2, 0) is 0 Å². The molecule has 1 aromatic heterocycles. The Hall–Kier alpha value is -3.33. The smallest absolute Gasteiger partial charge is 0.118 e. The molecule has 1 heterocycles. The van der Waals surface area contributed by atoms with E-state index >= 15 is 0 Å². The van der Waals surface area contributed by atoms with Gasteiger partial charge >= 0.3 is 0 Å². The predicted octanol–water partition coefficient (Wildman–Crippen LogP) is 5.21. The first-order valence-corrected chi connectivity index (χ1v) is 8.20. The van der Waals surface area contributed by atoms with Crippen molar-refractivity contribution in [1.29, 1.82) is 0 Å². The maximum Gasteiger partial charge on any atom is 0.118 e. The molecule has 0 aliphatic carbocycles. The van der Waals surface area contributed by atoms with E-state index in [1.807, 2.05) is 65.3 Å². The number of hydrogen-bond donors (Lipinski definition) is 0. The van der Waals surface area contributed by atoms with E-state index in [4.69, 9.17) is 9.84 Å². The fourth-order valence-corrected chi connectivity index (χ4v) is 2.86. The maximum atomic E-state index is 5.25. The minimum atomic E-state index is 0.842. The van der Waals surface area contributed by atoms with E-state index in [0.29, 0.717) is 0 Å². The van der Waals surface area contributed by atoms with Crippen LogP contribution in [0.2, 0.25) is 0 Å². The van der Waals surface area contributed by atoms with Gasteiger partial charge in [-0.15, -0.1) is 0 Å². The average Bonchev–Trinajstić information content (AvgIpc) is 3.15. The number of rotatable bonds is 4. The summed E-state index contributed by atoms with van der Waals surface area (Å²) >= 11 is 0. The third kappa shape index (κ3) is 3.04. The van der Waals surface area contributed by atoms with Crippen LogP contribution in [0, 0.1) is 0 Å². The summed E-state index contributed by atoms with van der Waals surface area (Å²) in [6.07, 6.45) is 0. The molecule has 0 atom stereocenters. The van der Waals surface area contributed by atoms with Gasteiger partial charge in [0, 0.05) is 11.1 Å². The zero-order chi connectivity index (χ0) is 17.1. The maximum absolute atomic E-state index is 5.25. The molecule has 0 aliphatic heterocycles. The molecule has 3 aromatic carbocycles. The second-order valence-corrected chi connectivity index (χ2v) is 5.76. The summed E-state index contributed by atoms with van der Waals surface area (Å²) in [6.45, 7) is 0. The molecule has 0 unspecified atom stereocenters. The van der Waals surface area contributed by atoms with Gasteiger partial charge in [-0.05, 0) is 42.5 Å². The van der Waals surface area contributed by atoms with Crippen LogP contribution in [0.1, 0.15) is 0 Å². The minimum absolute atomic E-state index is 0.842. The highest BCUT2D eigenvalue weighted by molar-refractivity contribution is 5.70. The largest absolute Gasteiger partial charge is 0.497 e. The lowest BCUT2D eigenvalue weighted by atomic mass is 10.1. The quantitative estimate of drug-likeness (QED) is 0.514. The number of ether oxygens (including phenoxy) is 1. The first kappa shape index (κ1) is 15.2. The van der Waals surface area contributed by atoms with Crippen LogP contribution in [0.15, 0.2) is 91.0 Å². The molecule has 122 valence electrons. The Bertz CT molecular complexity index is 901. The highest BCUT2D eigenvalue weighted by Crippen LogP contribution is 2.29. The van der Waals surface area contributed by atoms with Crippen LogP contribution >= 0.6 is 0 Å². The summed E-state index contributed by atoms with van der Waals surface area (Å²) in [5.74, 6) is 0.842. The van der Waals surface area contributed by atoms with E-state index in [2.05, 4.69) is 30.3 Å². The Labute approximate surface area is 147 Å². The highest BCUT2D eigenvalue weighted by Gasteiger charge is 2.12. The third-order valence-corrected chi connectivity index (χ3v) is 4.17. The number of nitrogens with zero attached hydrogens (tertiary/aromatic N) is 2. The number of para-hydroxylation sites is 1. The number of hydrogen-bond acceptors (Lipinski definition) is 2. The summed E-state index contributed by atoms with van der Waals surface area (Å²) < 4.78 is 7.24. The second-order valence-electron chi connectivity index (χ2n) is 5.76. The molecule has 0 aliphatic rings. The average molecular weight is 326 g/mol.